The summed E-state index contributed by atoms with van der Waals surface area (Å²) >= 11 is 1.94. The maximum absolute atomic E-state index is 13.0. The molecule has 1 aromatic rings. The predicted molar refractivity (Wildman–Crippen MR) is 105 cm³/mol. The average Bonchev–Trinajstić information content (AvgIpc) is 2.68. The Balaban J connectivity index is 1.73. The van der Waals surface area contributed by atoms with Gasteiger partial charge in [-0.2, -0.15) is 11.8 Å². The monoisotopic (exact) mass is 379 g/mol. The number of morpholine rings is 1. The molecule has 2 fully saturated rings. The van der Waals surface area contributed by atoms with E-state index in [-0.39, 0.29) is 17.5 Å². The number of carbonyl (C=O) groups is 1. The third-order valence-corrected chi connectivity index (χ3v) is 6.46. The van der Waals surface area contributed by atoms with Crippen molar-refractivity contribution in [2.45, 2.75) is 32.4 Å². The largest absolute Gasteiger partial charge is 0.379 e. The highest BCUT2D eigenvalue weighted by Crippen LogP contribution is 2.22. The SMILES string of the molecule is Cc1ccn(CCN2CCOCC2)c(=O)c1C(=O)N(C)C1CCSCC1. The van der Waals surface area contributed by atoms with Crippen molar-refractivity contribution in [2.75, 3.05) is 51.4 Å². The second kappa shape index (κ2) is 9.06. The summed E-state index contributed by atoms with van der Waals surface area (Å²) in [5.74, 6) is 2.03. The minimum atomic E-state index is -0.166. The molecule has 2 aliphatic heterocycles. The maximum Gasteiger partial charge on any atom is 0.263 e. The van der Waals surface area contributed by atoms with Gasteiger partial charge < -0.3 is 14.2 Å². The number of hydrogen-bond donors (Lipinski definition) is 0. The van der Waals surface area contributed by atoms with Gasteiger partial charge in [-0.15, -0.1) is 0 Å². The number of carbonyl (C=O) groups excluding carboxylic acids is 1. The number of thioether (sulfide) groups is 1. The first-order valence-electron chi connectivity index (χ1n) is 9.43. The maximum atomic E-state index is 13.0. The Labute approximate surface area is 159 Å². The van der Waals surface area contributed by atoms with Crippen molar-refractivity contribution < 1.29 is 9.53 Å². The van der Waals surface area contributed by atoms with E-state index in [9.17, 15) is 9.59 Å². The van der Waals surface area contributed by atoms with Gasteiger partial charge in [-0.05, 0) is 42.9 Å². The number of amides is 1. The quantitative estimate of drug-likeness (QED) is 0.775. The van der Waals surface area contributed by atoms with Crippen molar-refractivity contribution >= 4 is 17.7 Å². The number of ether oxygens (including phenoxy) is 1. The Hall–Kier alpha value is -1.31. The molecule has 7 heteroatoms. The van der Waals surface area contributed by atoms with Crippen molar-refractivity contribution in [2.24, 2.45) is 0 Å². The van der Waals surface area contributed by atoms with Crippen molar-refractivity contribution in [1.82, 2.24) is 14.4 Å². The highest BCUT2D eigenvalue weighted by molar-refractivity contribution is 7.99. The number of aryl methyl sites for hydroxylation is 1. The van der Waals surface area contributed by atoms with E-state index in [0.717, 1.165) is 62.8 Å². The highest BCUT2D eigenvalue weighted by atomic mass is 32.2. The summed E-state index contributed by atoms with van der Waals surface area (Å²) in [6.45, 7) is 6.54. The molecule has 1 aromatic heterocycles. The zero-order chi connectivity index (χ0) is 18.5. The van der Waals surface area contributed by atoms with Crippen molar-refractivity contribution in [3.05, 3.63) is 33.7 Å². The Morgan fingerprint density at radius 1 is 1.27 bits per heavy atom. The van der Waals surface area contributed by atoms with Crippen LogP contribution in [0.3, 0.4) is 0 Å². The first-order valence-corrected chi connectivity index (χ1v) is 10.6. The van der Waals surface area contributed by atoms with Crippen LogP contribution in [0.25, 0.3) is 0 Å². The van der Waals surface area contributed by atoms with E-state index in [1.165, 1.54) is 0 Å². The van der Waals surface area contributed by atoms with Crippen LogP contribution in [-0.2, 0) is 11.3 Å². The zero-order valence-electron chi connectivity index (χ0n) is 15.8. The third-order valence-electron chi connectivity index (χ3n) is 5.41. The van der Waals surface area contributed by atoms with Crippen LogP contribution in [0.4, 0.5) is 0 Å². The predicted octanol–water partition coefficient (Wildman–Crippen LogP) is 1.46. The normalized spacial score (nSPS) is 19.5. The Morgan fingerprint density at radius 3 is 2.65 bits per heavy atom. The molecule has 2 saturated heterocycles. The van der Waals surface area contributed by atoms with Crippen molar-refractivity contribution in [1.29, 1.82) is 0 Å². The van der Waals surface area contributed by atoms with Crippen LogP contribution >= 0.6 is 11.8 Å². The highest BCUT2D eigenvalue weighted by Gasteiger charge is 2.26. The molecule has 0 aliphatic carbocycles. The van der Waals surface area contributed by atoms with Crippen LogP contribution in [0, 0.1) is 6.92 Å². The van der Waals surface area contributed by atoms with E-state index >= 15 is 0 Å². The van der Waals surface area contributed by atoms with Gasteiger partial charge in [0, 0.05) is 45.5 Å². The summed E-state index contributed by atoms with van der Waals surface area (Å²) in [5.41, 5.74) is 0.926. The molecular weight excluding hydrogens is 350 g/mol. The standard InChI is InChI=1S/C19H29N3O3S/c1-15-3-6-22(8-7-21-9-11-25-12-10-21)19(24)17(15)18(23)20(2)16-4-13-26-14-5-16/h3,6,16H,4-5,7-14H2,1-2H3. The molecule has 0 saturated carbocycles. The molecule has 26 heavy (non-hydrogen) atoms. The summed E-state index contributed by atoms with van der Waals surface area (Å²) in [6.07, 6.45) is 3.82. The number of hydrogen-bond acceptors (Lipinski definition) is 5. The minimum Gasteiger partial charge on any atom is -0.379 e. The summed E-state index contributed by atoms with van der Waals surface area (Å²) in [7, 11) is 1.84. The van der Waals surface area contributed by atoms with Crippen LogP contribution in [0.5, 0.6) is 0 Å². The molecule has 6 nitrogen and oxygen atoms in total. The molecule has 3 heterocycles. The van der Waals surface area contributed by atoms with Crippen LogP contribution in [-0.4, -0.2) is 77.7 Å². The lowest BCUT2D eigenvalue weighted by Crippen LogP contribution is -2.43. The lowest BCUT2D eigenvalue weighted by atomic mass is 10.1. The Kier molecular flexibility index (Phi) is 6.78. The number of pyridine rings is 1. The average molecular weight is 380 g/mol. The second-order valence-electron chi connectivity index (χ2n) is 7.09. The summed E-state index contributed by atoms with van der Waals surface area (Å²) in [6, 6.07) is 2.13. The summed E-state index contributed by atoms with van der Waals surface area (Å²) in [4.78, 5) is 30.1. The van der Waals surface area contributed by atoms with Crippen LogP contribution in [0.1, 0.15) is 28.8 Å². The fourth-order valence-corrected chi connectivity index (χ4v) is 4.67. The fourth-order valence-electron chi connectivity index (χ4n) is 3.59. The number of nitrogens with zero attached hydrogens (tertiary/aromatic N) is 3. The first-order chi connectivity index (χ1) is 12.6. The van der Waals surface area contributed by atoms with E-state index in [2.05, 4.69) is 4.90 Å². The summed E-state index contributed by atoms with van der Waals surface area (Å²) in [5, 5.41) is 0. The van der Waals surface area contributed by atoms with Gasteiger partial charge in [-0.1, -0.05) is 0 Å². The van der Waals surface area contributed by atoms with Crippen LogP contribution in [0.15, 0.2) is 17.1 Å². The first kappa shape index (κ1) is 19.5. The third kappa shape index (κ3) is 4.50. The molecule has 1 amide bonds. The smallest absolute Gasteiger partial charge is 0.263 e. The number of aromatic nitrogens is 1. The van der Waals surface area contributed by atoms with Gasteiger partial charge in [0.2, 0.25) is 0 Å². The molecule has 0 unspecified atom stereocenters. The van der Waals surface area contributed by atoms with Gasteiger partial charge in [0.15, 0.2) is 0 Å². The van der Waals surface area contributed by atoms with Gasteiger partial charge >= 0.3 is 0 Å². The molecule has 0 radical (unpaired) electrons. The van der Waals surface area contributed by atoms with Crippen LogP contribution < -0.4 is 5.56 Å². The molecule has 0 atom stereocenters. The lowest BCUT2D eigenvalue weighted by Gasteiger charge is -2.31. The van der Waals surface area contributed by atoms with Crippen LogP contribution in [0.2, 0.25) is 0 Å². The van der Waals surface area contributed by atoms with E-state index in [1.807, 2.05) is 38.0 Å². The molecule has 0 bridgehead atoms. The van der Waals surface area contributed by atoms with Crippen molar-refractivity contribution in [3.8, 4) is 0 Å². The lowest BCUT2D eigenvalue weighted by molar-refractivity contribution is 0.0362. The van der Waals surface area contributed by atoms with E-state index < -0.39 is 0 Å². The fraction of sp³-hybridized carbons (Fsp3) is 0.684. The second-order valence-corrected chi connectivity index (χ2v) is 8.31. The number of rotatable bonds is 5. The zero-order valence-corrected chi connectivity index (χ0v) is 16.6. The van der Waals surface area contributed by atoms with Gasteiger partial charge in [-0.3, -0.25) is 14.5 Å². The van der Waals surface area contributed by atoms with E-state index in [4.69, 9.17) is 4.74 Å². The van der Waals surface area contributed by atoms with E-state index in [1.54, 1.807) is 9.47 Å². The van der Waals surface area contributed by atoms with Gasteiger partial charge in [0.1, 0.15) is 5.56 Å². The molecule has 0 spiro atoms. The molecule has 0 aromatic carbocycles. The molecule has 144 valence electrons. The topological polar surface area (TPSA) is 54.8 Å². The Bertz CT molecular complexity index is 679. The van der Waals surface area contributed by atoms with Gasteiger partial charge in [0.25, 0.3) is 11.5 Å². The minimum absolute atomic E-state index is 0.134. The van der Waals surface area contributed by atoms with Gasteiger partial charge in [0.05, 0.1) is 13.2 Å². The molecule has 2 aliphatic rings. The molecule has 0 N–H and O–H groups in total. The Morgan fingerprint density at radius 2 is 1.96 bits per heavy atom. The van der Waals surface area contributed by atoms with Gasteiger partial charge in [-0.25, -0.2) is 0 Å². The summed E-state index contributed by atoms with van der Waals surface area (Å²) < 4.78 is 7.04. The van der Waals surface area contributed by atoms with Crippen molar-refractivity contribution in [3.63, 3.8) is 0 Å². The van der Waals surface area contributed by atoms with E-state index in [0.29, 0.717) is 12.1 Å². The molecular formula is C19H29N3O3S. The molecule has 3 rings (SSSR count).